The minimum absolute atomic E-state index is 0.000914. The molecular weight excluding hydrogens is 905 g/mol. The Kier molecular flexibility index (Phi) is 15.0. The smallest absolute Gasteiger partial charge is 0.416 e. The van der Waals surface area contributed by atoms with Crippen LogP contribution in [0.4, 0.5) is 16.2 Å². The SMILES string of the molecule is C=CCO[C@@]12Oc3ccc(Oc4cccc([N+](=O)[O-])c4)cc3[C@H]3[C@H](CCCCO)[C@@H](CCCCO)C=C(C(=NOC(C)(C)C)C[C@@H]1N(Cc1ccc4c(c1)OCO4)C(=O)Oc1ccc([N+](=O)[O-])cc1)[C@H]32. The Morgan fingerprint density at radius 1 is 0.871 bits per heavy atom. The lowest BCUT2D eigenvalue weighted by molar-refractivity contribution is -0.385. The average Bonchev–Trinajstić information content (AvgIpc) is 3.81. The first kappa shape index (κ1) is 49.4. The number of hydrogen-bond acceptors (Lipinski definition) is 15. The van der Waals surface area contributed by atoms with E-state index in [-0.39, 0.29) is 74.3 Å². The number of benzene rings is 4. The van der Waals surface area contributed by atoms with Crippen LogP contribution in [0, 0.1) is 38.0 Å². The third-order valence-electron chi connectivity index (χ3n) is 13.0. The van der Waals surface area contributed by atoms with Crippen molar-refractivity contribution in [2.75, 3.05) is 26.6 Å². The maximum atomic E-state index is 15.2. The van der Waals surface area contributed by atoms with Crippen LogP contribution in [0.3, 0.4) is 0 Å². The molecule has 6 atom stereocenters. The molecule has 370 valence electrons. The molecule has 4 aliphatic rings. The standard InChI is InChI=1S/C52H58N4O14/c1-5-25-66-52-47(54(31-33-15-21-45-46(26-33)65-32-64-45)50(59)68-37-18-16-35(17-19-37)55(60)61)30-43(53-70-51(2,3)4)41-27-34(11-6-8-23-57)40(14-7-9-24-58)48(49(41)52)42-29-39(20-22-44(42)69-52)67-38-13-10-12-36(28-38)56(62)63/h5,10,12-13,15-22,26-29,34,40,47-49,57-58H,1,6-9,11,14,23-25,30-32H2,2-4H3/t34-,40+,47-,48+,49+,52+/m0/s1. The zero-order chi connectivity index (χ0) is 49.6. The van der Waals surface area contributed by atoms with E-state index in [0.717, 1.165) is 17.6 Å². The summed E-state index contributed by atoms with van der Waals surface area (Å²) >= 11 is 0. The number of non-ortho nitro benzene ring substituents is 2. The minimum Gasteiger partial charge on any atom is -0.459 e. The Hall–Kier alpha value is -7.02. The first-order chi connectivity index (χ1) is 33.7. The number of rotatable bonds is 20. The third kappa shape index (κ3) is 10.7. The molecule has 8 rings (SSSR count). The van der Waals surface area contributed by atoms with Crippen molar-refractivity contribution >= 4 is 23.2 Å². The van der Waals surface area contributed by atoms with Crippen molar-refractivity contribution in [2.24, 2.45) is 22.9 Å². The Morgan fingerprint density at radius 2 is 1.57 bits per heavy atom. The molecule has 4 aromatic rings. The van der Waals surface area contributed by atoms with E-state index in [1.165, 1.54) is 41.3 Å². The summed E-state index contributed by atoms with van der Waals surface area (Å²) in [6.07, 6.45) is 7.00. The summed E-state index contributed by atoms with van der Waals surface area (Å²) in [6, 6.07) is 20.9. The largest absolute Gasteiger partial charge is 0.459 e. The van der Waals surface area contributed by atoms with E-state index in [1.54, 1.807) is 42.5 Å². The van der Waals surface area contributed by atoms with E-state index in [9.17, 15) is 30.4 Å². The summed E-state index contributed by atoms with van der Waals surface area (Å²) in [7, 11) is 0. The summed E-state index contributed by atoms with van der Waals surface area (Å²) in [5.74, 6) is -0.806. The molecule has 2 N–H and O–H groups in total. The van der Waals surface area contributed by atoms with Gasteiger partial charge in [0.1, 0.15) is 34.6 Å². The van der Waals surface area contributed by atoms with Crippen LogP contribution in [0.5, 0.6) is 34.5 Å². The Balaban J connectivity index is 1.35. The molecule has 70 heavy (non-hydrogen) atoms. The lowest BCUT2D eigenvalue weighted by atomic mass is 9.55. The Labute approximate surface area is 405 Å². The number of unbranched alkanes of at least 4 members (excludes halogenated alkanes) is 2. The summed E-state index contributed by atoms with van der Waals surface area (Å²) in [5, 5.41) is 48.2. The first-order valence-electron chi connectivity index (χ1n) is 23.5. The van der Waals surface area contributed by atoms with Gasteiger partial charge >= 0.3 is 6.09 Å². The van der Waals surface area contributed by atoms with Gasteiger partial charge in [-0.3, -0.25) is 25.1 Å². The van der Waals surface area contributed by atoms with E-state index in [4.69, 9.17) is 38.4 Å². The molecule has 4 aromatic carbocycles. The van der Waals surface area contributed by atoms with Gasteiger partial charge < -0.3 is 43.5 Å². The number of carbonyl (C=O) groups excluding carboxylic acids is 1. The van der Waals surface area contributed by atoms with E-state index in [0.29, 0.717) is 66.4 Å². The highest BCUT2D eigenvalue weighted by Crippen LogP contribution is 2.62. The number of nitro benzene ring substituents is 2. The van der Waals surface area contributed by atoms with E-state index >= 15 is 4.79 Å². The second-order valence-corrected chi connectivity index (χ2v) is 18.8. The van der Waals surface area contributed by atoms with Gasteiger partial charge in [-0.05, 0) is 118 Å². The number of aliphatic hydroxyl groups excluding tert-OH is 2. The van der Waals surface area contributed by atoms with Gasteiger partial charge in [0.05, 0.1) is 34.1 Å². The molecule has 0 radical (unpaired) electrons. The van der Waals surface area contributed by atoms with Crippen LogP contribution in [0.25, 0.3) is 0 Å². The summed E-state index contributed by atoms with van der Waals surface area (Å²) < 4.78 is 38.3. The molecule has 1 amide bonds. The summed E-state index contributed by atoms with van der Waals surface area (Å²) in [5.41, 5.74) is 1.72. The minimum atomic E-state index is -1.68. The van der Waals surface area contributed by atoms with Crippen LogP contribution in [0.2, 0.25) is 0 Å². The number of ether oxygens (including phenoxy) is 6. The lowest BCUT2D eigenvalue weighted by Crippen LogP contribution is -2.70. The number of fused-ring (bicyclic) bond motifs is 3. The van der Waals surface area contributed by atoms with E-state index in [1.807, 2.05) is 32.9 Å². The maximum Gasteiger partial charge on any atom is 0.416 e. The van der Waals surface area contributed by atoms with Gasteiger partial charge in [-0.1, -0.05) is 42.3 Å². The highest BCUT2D eigenvalue weighted by molar-refractivity contribution is 6.03. The van der Waals surface area contributed by atoms with Crippen LogP contribution in [0.1, 0.15) is 82.8 Å². The van der Waals surface area contributed by atoms with Crippen LogP contribution >= 0.6 is 0 Å². The van der Waals surface area contributed by atoms with Crippen molar-refractivity contribution in [1.82, 2.24) is 4.90 Å². The third-order valence-corrected chi connectivity index (χ3v) is 13.0. The maximum absolute atomic E-state index is 15.2. The number of amides is 1. The van der Waals surface area contributed by atoms with Crippen LogP contribution in [-0.2, 0) is 16.1 Å². The molecule has 1 saturated carbocycles. The topological polar surface area (TPSA) is 224 Å². The van der Waals surface area contributed by atoms with Gasteiger partial charge in [0, 0.05) is 55.9 Å². The lowest BCUT2D eigenvalue weighted by Gasteiger charge is -2.60. The normalized spacial score (nSPS) is 22.4. The van der Waals surface area contributed by atoms with Gasteiger partial charge in [0.2, 0.25) is 12.6 Å². The van der Waals surface area contributed by atoms with E-state index < -0.39 is 45.2 Å². The number of nitrogens with zero attached hydrogens (tertiary/aromatic N) is 4. The van der Waals surface area contributed by atoms with Crippen LogP contribution in [-0.4, -0.2) is 80.8 Å². The highest BCUT2D eigenvalue weighted by Gasteiger charge is 2.66. The van der Waals surface area contributed by atoms with Gasteiger partial charge in [-0.15, -0.1) is 6.58 Å². The van der Waals surface area contributed by atoms with Crippen molar-refractivity contribution in [1.29, 1.82) is 0 Å². The monoisotopic (exact) mass is 962 g/mol. The molecule has 0 saturated heterocycles. The van der Waals surface area contributed by atoms with Crippen LogP contribution in [0.15, 0.2) is 114 Å². The van der Waals surface area contributed by atoms with Gasteiger partial charge in [-0.2, -0.15) is 0 Å². The van der Waals surface area contributed by atoms with Gasteiger partial charge in [0.15, 0.2) is 11.5 Å². The zero-order valence-corrected chi connectivity index (χ0v) is 39.4. The Bertz CT molecular complexity index is 2630. The van der Waals surface area contributed by atoms with Crippen molar-refractivity contribution < 1.29 is 58.1 Å². The quantitative estimate of drug-likeness (QED) is 0.0364. The number of aliphatic hydroxyl groups is 2. The molecule has 0 spiro atoms. The summed E-state index contributed by atoms with van der Waals surface area (Å²) in [4.78, 5) is 45.3. The molecule has 0 aromatic heterocycles. The molecule has 2 aliphatic heterocycles. The molecule has 18 nitrogen and oxygen atoms in total. The van der Waals surface area contributed by atoms with Gasteiger partial charge in [0.25, 0.3) is 11.4 Å². The Morgan fingerprint density at radius 3 is 2.29 bits per heavy atom. The molecule has 0 bridgehead atoms. The fourth-order valence-electron chi connectivity index (χ4n) is 10.0. The van der Waals surface area contributed by atoms with Crippen LogP contribution < -0.4 is 23.7 Å². The zero-order valence-electron chi connectivity index (χ0n) is 39.4. The predicted molar refractivity (Wildman–Crippen MR) is 256 cm³/mol. The number of hydrogen-bond donors (Lipinski definition) is 2. The van der Waals surface area contributed by atoms with Crippen molar-refractivity contribution in [3.8, 4) is 34.5 Å². The number of carbonyl (C=O) groups is 1. The second-order valence-electron chi connectivity index (χ2n) is 18.8. The highest BCUT2D eigenvalue weighted by atomic mass is 16.7. The predicted octanol–water partition coefficient (Wildman–Crippen LogP) is 10.2. The van der Waals surface area contributed by atoms with Crippen molar-refractivity contribution in [3.05, 3.63) is 141 Å². The molecule has 2 heterocycles. The second kappa shape index (κ2) is 21.3. The molecule has 18 heteroatoms. The molecule has 2 aliphatic carbocycles. The van der Waals surface area contributed by atoms with E-state index in [2.05, 4.69) is 12.7 Å². The molecule has 0 unspecified atom stereocenters. The first-order valence-corrected chi connectivity index (χ1v) is 23.5. The fraction of sp³-hybridized carbons (Fsp3) is 0.423. The molecule has 1 fully saturated rings. The van der Waals surface area contributed by atoms with Gasteiger partial charge in [-0.25, -0.2) is 4.79 Å². The number of oxime groups is 1. The number of nitro groups is 2. The molecular formula is C52H58N4O14. The van der Waals surface area contributed by atoms with Crippen molar-refractivity contribution in [3.63, 3.8) is 0 Å². The summed E-state index contributed by atoms with van der Waals surface area (Å²) in [6.45, 7) is 9.66. The van der Waals surface area contributed by atoms with Crippen molar-refractivity contribution in [2.45, 2.75) is 95.6 Å². The number of allylic oxidation sites excluding steroid dienone is 1. The average molecular weight is 963 g/mol. The fourth-order valence-corrected chi connectivity index (χ4v) is 10.0.